The van der Waals surface area contributed by atoms with E-state index >= 15 is 0 Å². The van der Waals surface area contributed by atoms with Gasteiger partial charge in [-0.25, -0.2) is 0 Å². The van der Waals surface area contributed by atoms with E-state index < -0.39 is 0 Å². The quantitative estimate of drug-likeness (QED) is 0.190. The monoisotopic (exact) mass is 658 g/mol. The van der Waals surface area contributed by atoms with Crippen LogP contribution in [0.15, 0.2) is 193 Å². The van der Waals surface area contributed by atoms with E-state index in [0.29, 0.717) is 5.92 Å². The molecule has 4 aromatic rings. The number of nitrogens with one attached hydrogen (secondary N) is 1. The van der Waals surface area contributed by atoms with Gasteiger partial charge in [0.25, 0.3) is 0 Å². The highest BCUT2D eigenvalue weighted by atomic mass is 15.1. The lowest BCUT2D eigenvalue weighted by molar-refractivity contribution is 0.722. The van der Waals surface area contributed by atoms with Crippen molar-refractivity contribution in [2.24, 2.45) is 5.92 Å². The van der Waals surface area contributed by atoms with E-state index in [0.717, 1.165) is 29.2 Å². The topological polar surface area (TPSA) is 15.3 Å². The summed E-state index contributed by atoms with van der Waals surface area (Å²) in [4.78, 5) is 2.18. The predicted octanol–water partition coefficient (Wildman–Crippen LogP) is 13.8. The molecule has 0 radical (unpaired) electrons. The number of anilines is 2. The summed E-state index contributed by atoms with van der Waals surface area (Å²) in [5.41, 5.74) is 9.78. The zero-order valence-electron chi connectivity index (χ0n) is 30.6. The summed E-state index contributed by atoms with van der Waals surface area (Å²) in [7, 11) is 1.93. The highest BCUT2D eigenvalue weighted by Crippen LogP contribution is 2.30. The number of fused-ring (bicyclic) bond motifs is 1. The first-order valence-corrected chi connectivity index (χ1v) is 17.9. The van der Waals surface area contributed by atoms with Crippen LogP contribution in [0.1, 0.15) is 53.4 Å². The molecular formula is C48H54N2. The Hall–Kier alpha value is -5.34. The molecule has 2 aliphatic carbocycles. The van der Waals surface area contributed by atoms with Gasteiger partial charge in [0.15, 0.2) is 0 Å². The summed E-state index contributed by atoms with van der Waals surface area (Å²) in [6.45, 7) is 12.7. The van der Waals surface area contributed by atoms with Crippen LogP contribution in [0.25, 0.3) is 21.9 Å². The lowest BCUT2D eigenvalue weighted by atomic mass is 9.89. The fraction of sp³-hybridized carbons (Fsp3) is 0.208. The standard InChI is InChI=1S/C23H24N2.C15H22.C10H8/c1-18(2)25(22-8-6-4-5-7-9-22)23-16-12-20(13-17-23)19-10-14-21(24-3)15-11-19;1-4-10-14(5-2)13(3)15-11-8-6-7-9-12-15;1-2-6-10-8-4-3-7-9(10)5-1/h4,6-17,24H,1,5H2,2-3H3;4-6,8,10-11,13H,7,9,12H2,1-3H3;1-8H/b;10-4-,14-5+;. The minimum atomic E-state index is 0.564. The number of hydrogen-bond acceptors (Lipinski definition) is 2. The lowest BCUT2D eigenvalue weighted by Gasteiger charge is -2.26. The third kappa shape index (κ3) is 11.1. The Kier molecular flexibility index (Phi) is 15.2. The smallest absolute Gasteiger partial charge is 0.0458 e. The number of hydrogen-bond donors (Lipinski definition) is 1. The van der Waals surface area contributed by atoms with Crippen molar-refractivity contribution in [2.75, 3.05) is 17.3 Å². The maximum atomic E-state index is 4.16. The first kappa shape index (κ1) is 37.5. The Bertz CT molecular complexity index is 1810. The molecular weight excluding hydrogens is 605 g/mol. The molecule has 1 unspecified atom stereocenters. The van der Waals surface area contributed by atoms with Gasteiger partial charge >= 0.3 is 0 Å². The van der Waals surface area contributed by atoms with Crippen LogP contribution in [0.3, 0.4) is 0 Å². The summed E-state index contributed by atoms with van der Waals surface area (Å²) in [5.74, 6) is 0.564. The Morgan fingerprint density at radius 3 is 1.94 bits per heavy atom. The minimum absolute atomic E-state index is 0.564. The molecule has 0 saturated heterocycles. The normalized spacial score (nSPS) is 14.6. The third-order valence-corrected chi connectivity index (χ3v) is 8.93. The van der Waals surface area contributed by atoms with E-state index in [2.05, 4.69) is 201 Å². The summed E-state index contributed by atoms with van der Waals surface area (Å²) >= 11 is 0. The molecule has 0 fully saturated rings. The van der Waals surface area contributed by atoms with Gasteiger partial charge in [-0.1, -0.05) is 147 Å². The molecule has 4 aromatic carbocycles. The van der Waals surface area contributed by atoms with Gasteiger partial charge in [0, 0.05) is 35.7 Å². The molecule has 0 aromatic heterocycles. The van der Waals surface area contributed by atoms with Crippen LogP contribution in [0, 0.1) is 5.92 Å². The average Bonchev–Trinajstić information content (AvgIpc) is 3.61. The van der Waals surface area contributed by atoms with Gasteiger partial charge in [-0.3, -0.25) is 0 Å². The molecule has 2 aliphatic rings. The van der Waals surface area contributed by atoms with E-state index in [1.807, 2.05) is 14.0 Å². The average molecular weight is 659 g/mol. The Morgan fingerprint density at radius 1 is 0.780 bits per heavy atom. The number of allylic oxidation sites excluding steroid dienone is 14. The van der Waals surface area contributed by atoms with E-state index in [1.54, 1.807) is 5.57 Å². The zero-order valence-corrected chi connectivity index (χ0v) is 30.6. The minimum Gasteiger partial charge on any atom is -0.388 e. The summed E-state index contributed by atoms with van der Waals surface area (Å²) in [6.07, 6.45) is 28.8. The van der Waals surface area contributed by atoms with E-state index in [-0.39, 0.29) is 0 Å². The van der Waals surface area contributed by atoms with Gasteiger partial charge in [0.05, 0.1) is 0 Å². The van der Waals surface area contributed by atoms with Crippen LogP contribution in [0.2, 0.25) is 0 Å². The molecule has 256 valence electrons. The van der Waals surface area contributed by atoms with Gasteiger partial charge in [0.1, 0.15) is 0 Å². The Morgan fingerprint density at radius 2 is 1.38 bits per heavy atom. The lowest BCUT2D eigenvalue weighted by Crippen LogP contribution is -2.18. The number of nitrogens with zero attached hydrogens (tertiary/aromatic N) is 1. The first-order valence-electron chi connectivity index (χ1n) is 17.9. The molecule has 1 N–H and O–H groups in total. The van der Waals surface area contributed by atoms with Crippen LogP contribution in [0.4, 0.5) is 11.4 Å². The van der Waals surface area contributed by atoms with Crippen molar-refractivity contribution in [1.29, 1.82) is 0 Å². The van der Waals surface area contributed by atoms with Crippen LogP contribution in [-0.4, -0.2) is 7.05 Å². The fourth-order valence-electron chi connectivity index (χ4n) is 6.13. The van der Waals surface area contributed by atoms with Crippen LogP contribution in [-0.2, 0) is 0 Å². The van der Waals surface area contributed by atoms with Crippen molar-refractivity contribution in [3.63, 3.8) is 0 Å². The largest absolute Gasteiger partial charge is 0.388 e. The van der Waals surface area contributed by atoms with Gasteiger partial charge in [-0.05, 0) is 110 Å². The second-order valence-electron chi connectivity index (χ2n) is 12.5. The number of rotatable bonds is 8. The molecule has 0 saturated carbocycles. The molecule has 0 amide bonds. The molecule has 2 heteroatoms. The summed E-state index contributed by atoms with van der Waals surface area (Å²) in [5, 5.41) is 5.77. The van der Waals surface area contributed by atoms with Gasteiger partial charge < -0.3 is 10.2 Å². The van der Waals surface area contributed by atoms with Crippen LogP contribution in [0.5, 0.6) is 0 Å². The predicted molar refractivity (Wildman–Crippen MR) is 222 cm³/mol. The fourth-order valence-corrected chi connectivity index (χ4v) is 6.13. The maximum absolute atomic E-state index is 4.16. The summed E-state index contributed by atoms with van der Waals surface area (Å²) < 4.78 is 0. The highest BCUT2D eigenvalue weighted by molar-refractivity contribution is 5.82. The van der Waals surface area contributed by atoms with E-state index in [4.69, 9.17) is 0 Å². The van der Waals surface area contributed by atoms with Crippen molar-refractivity contribution in [2.45, 2.75) is 53.4 Å². The van der Waals surface area contributed by atoms with Crippen molar-refractivity contribution in [3.8, 4) is 11.1 Å². The first-order chi connectivity index (χ1) is 24.4. The second kappa shape index (κ2) is 20.2. The van der Waals surface area contributed by atoms with Crippen molar-refractivity contribution in [1.82, 2.24) is 0 Å². The Balaban J connectivity index is 0.000000189. The molecule has 0 spiro atoms. The molecule has 0 bridgehead atoms. The molecule has 50 heavy (non-hydrogen) atoms. The second-order valence-corrected chi connectivity index (χ2v) is 12.5. The van der Waals surface area contributed by atoms with Crippen LogP contribution >= 0.6 is 0 Å². The van der Waals surface area contributed by atoms with Crippen molar-refractivity contribution in [3.05, 3.63) is 193 Å². The van der Waals surface area contributed by atoms with Crippen LogP contribution < -0.4 is 10.2 Å². The molecule has 0 heterocycles. The number of benzene rings is 4. The molecule has 1 atom stereocenters. The summed E-state index contributed by atoms with van der Waals surface area (Å²) in [6, 6.07) is 33.8. The van der Waals surface area contributed by atoms with Crippen molar-refractivity contribution < 1.29 is 0 Å². The van der Waals surface area contributed by atoms with Gasteiger partial charge in [-0.15, -0.1) is 0 Å². The SMILES string of the molecule is C/C=C\C(=C/C)C(C)C1=CC=CCCC1.C=C(C)N(C1=CC=CCC=C1)c1ccc(-c2ccc(NC)cc2)cc1.c1ccc2ccccc2c1. The van der Waals surface area contributed by atoms with Gasteiger partial charge in [0.2, 0.25) is 0 Å². The molecule has 0 aliphatic heterocycles. The highest BCUT2D eigenvalue weighted by Gasteiger charge is 2.12. The van der Waals surface area contributed by atoms with Gasteiger partial charge in [-0.2, -0.15) is 0 Å². The molecule has 6 rings (SSSR count). The maximum Gasteiger partial charge on any atom is 0.0458 e. The zero-order chi connectivity index (χ0) is 35.6. The third-order valence-electron chi connectivity index (χ3n) is 8.93. The van der Waals surface area contributed by atoms with E-state index in [9.17, 15) is 0 Å². The van der Waals surface area contributed by atoms with E-state index in [1.165, 1.54) is 46.7 Å². The molecule has 2 nitrogen and oxygen atoms in total. The van der Waals surface area contributed by atoms with Crippen molar-refractivity contribution >= 4 is 22.1 Å². The Labute approximate surface area is 302 Å².